The number of nitrogens with one attached hydrogen (secondary N) is 1. The molecule has 2 aromatic carbocycles. The molecule has 1 amide bonds. The van der Waals surface area contributed by atoms with E-state index in [0.717, 1.165) is 22.2 Å². The molecule has 0 bridgehead atoms. The minimum atomic E-state index is -3.53. The Morgan fingerprint density at radius 3 is 2.38 bits per heavy atom. The van der Waals surface area contributed by atoms with Gasteiger partial charge in [0.15, 0.2) is 0 Å². The molecule has 0 aliphatic carbocycles. The number of piperazine rings is 1. The van der Waals surface area contributed by atoms with Gasteiger partial charge in [-0.3, -0.25) is 9.69 Å². The normalized spacial score (nSPS) is 15.7. The van der Waals surface area contributed by atoms with Crippen LogP contribution in [0.4, 0.5) is 0 Å². The van der Waals surface area contributed by atoms with Crippen molar-refractivity contribution in [2.75, 3.05) is 39.3 Å². The fraction of sp³-hybridized carbons (Fsp3) is 0.364. The number of hydrogen-bond donors (Lipinski definition) is 1. The zero-order valence-corrected chi connectivity index (χ0v) is 20.3. The Kier molecular flexibility index (Phi) is 8.80. The van der Waals surface area contributed by atoms with Crippen LogP contribution < -0.4 is 10.2 Å². The molecule has 0 atom stereocenters. The molecule has 3 rings (SSSR count). The van der Waals surface area contributed by atoms with Gasteiger partial charge in [-0.1, -0.05) is 22.9 Å². The zero-order valence-electron chi connectivity index (χ0n) is 17.9. The highest BCUT2D eigenvalue weighted by atomic mass is 79.9. The van der Waals surface area contributed by atoms with Crippen molar-refractivity contribution < 1.29 is 17.9 Å². The van der Waals surface area contributed by atoms with Crippen molar-refractivity contribution in [3.63, 3.8) is 0 Å². The lowest BCUT2D eigenvalue weighted by molar-refractivity contribution is -0.122. The Morgan fingerprint density at radius 2 is 1.75 bits per heavy atom. The second-order valence-corrected chi connectivity index (χ2v) is 10.2. The molecule has 0 aromatic heterocycles. The summed E-state index contributed by atoms with van der Waals surface area (Å²) in [6.45, 7) is 4.51. The van der Waals surface area contributed by atoms with Gasteiger partial charge in [-0.25, -0.2) is 13.8 Å². The molecule has 8 nitrogen and oxygen atoms in total. The van der Waals surface area contributed by atoms with Crippen LogP contribution in [-0.2, 0) is 14.8 Å². The van der Waals surface area contributed by atoms with Crippen LogP contribution in [0.5, 0.6) is 5.75 Å². The van der Waals surface area contributed by atoms with Crippen molar-refractivity contribution in [3.05, 3.63) is 58.6 Å². The standard InChI is InChI=1S/C22H27BrN4O4S/c1-2-15-31-20-7-3-18(4-8-20)16-24-25-22(28)17-26-11-13-27(14-12-26)32(29,30)21-9-5-19(23)6-10-21/h3-10,16H,2,11-15,17H2,1H3,(H,25,28)/b24-16-. The minimum Gasteiger partial charge on any atom is -0.494 e. The highest BCUT2D eigenvalue weighted by Crippen LogP contribution is 2.20. The molecular formula is C22H27BrN4O4S. The molecule has 172 valence electrons. The quantitative estimate of drug-likeness (QED) is 0.403. The molecule has 1 heterocycles. The number of halogens is 1. The molecule has 1 fully saturated rings. The van der Waals surface area contributed by atoms with E-state index in [2.05, 4.69) is 33.4 Å². The molecular weight excluding hydrogens is 496 g/mol. The highest BCUT2D eigenvalue weighted by Gasteiger charge is 2.28. The number of hydrazone groups is 1. The fourth-order valence-electron chi connectivity index (χ4n) is 3.17. The lowest BCUT2D eigenvalue weighted by Crippen LogP contribution is -2.50. The molecule has 2 aromatic rings. The topological polar surface area (TPSA) is 91.3 Å². The summed E-state index contributed by atoms with van der Waals surface area (Å²) in [4.78, 5) is 14.4. The largest absolute Gasteiger partial charge is 0.494 e. The van der Waals surface area contributed by atoms with Gasteiger partial charge in [0.05, 0.1) is 24.3 Å². The van der Waals surface area contributed by atoms with E-state index >= 15 is 0 Å². The van der Waals surface area contributed by atoms with Gasteiger partial charge in [-0.05, 0) is 60.5 Å². The van der Waals surface area contributed by atoms with Crippen LogP contribution in [0.1, 0.15) is 18.9 Å². The van der Waals surface area contributed by atoms with Crippen LogP contribution in [0.3, 0.4) is 0 Å². The Morgan fingerprint density at radius 1 is 1.09 bits per heavy atom. The number of carbonyl (C=O) groups is 1. The average molecular weight is 523 g/mol. The van der Waals surface area contributed by atoms with Crippen LogP contribution in [0.2, 0.25) is 0 Å². The molecule has 0 radical (unpaired) electrons. The van der Waals surface area contributed by atoms with E-state index in [1.54, 1.807) is 30.5 Å². The molecule has 32 heavy (non-hydrogen) atoms. The fourth-order valence-corrected chi connectivity index (χ4v) is 4.86. The third kappa shape index (κ3) is 6.86. The molecule has 0 saturated carbocycles. The third-order valence-corrected chi connectivity index (χ3v) is 7.35. The SMILES string of the molecule is CCCOc1ccc(/C=N\NC(=O)CN2CCN(S(=O)(=O)c3ccc(Br)cc3)CC2)cc1. The van der Waals surface area contributed by atoms with Crippen LogP contribution in [0, 0.1) is 0 Å². The number of sulfonamides is 1. The number of carbonyl (C=O) groups excluding carboxylic acids is 1. The molecule has 0 unspecified atom stereocenters. The summed E-state index contributed by atoms with van der Waals surface area (Å²) >= 11 is 3.31. The zero-order chi connectivity index (χ0) is 23.0. The smallest absolute Gasteiger partial charge is 0.254 e. The maximum atomic E-state index is 12.8. The van der Waals surface area contributed by atoms with Crippen LogP contribution in [0.25, 0.3) is 0 Å². The average Bonchev–Trinajstić information content (AvgIpc) is 2.79. The number of hydrogen-bond acceptors (Lipinski definition) is 6. The second-order valence-electron chi connectivity index (χ2n) is 7.34. The Hall–Kier alpha value is -2.27. The highest BCUT2D eigenvalue weighted by molar-refractivity contribution is 9.10. The summed E-state index contributed by atoms with van der Waals surface area (Å²) < 4.78 is 33.3. The Balaban J connectivity index is 1.43. The van der Waals surface area contributed by atoms with Crippen molar-refractivity contribution in [1.82, 2.24) is 14.6 Å². The lowest BCUT2D eigenvalue weighted by Gasteiger charge is -2.33. The van der Waals surface area contributed by atoms with Crippen LogP contribution in [-0.4, -0.2) is 69.1 Å². The van der Waals surface area contributed by atoms with E-state index in [-0.39, 0.29) is 17.3 Å². The van der Waals surface area contributed by atoms with Gasteiger partial charge in [0.25, 0.3) is 5.91 Å². The summed E-state index contributed by atoms with van der Waals surface area (Å²) in [7, 11) is -3.53. The van der Waals surface area contributed by atoms with E-state index < -0.39 is 10.0 Å². The summed E-state index contributed by atoms with van der Waals surface area (Å²) in [6.07, 6.45) is 2.52. The predicted octanol–water partition coefficient (Wildman–Crippen LogP) is 2.69. The number of nitrogens with zero attached hydrogens (tertiary/aromatic N) is 3. The van der Waals surface area contributed by atoms with Gasteiger partial charge in [-0.2, -0.15) is 9.41 Å². The van der Waals surface area contributed by atoms with E-state index in [0.29, 0.717) is 32.8 Å². The van der Waals surface area contributed by atoms with E-state index in [1.165, 1.54) is 4.31 Å². The number of rotatable bonds is 9. The molecule has 1 aliphatic heterocycles. The minimum absolute atomic E-state index is 0.160. The van der Waals surface area contributed by atoms with Gasteiger partial charge in [0.1, 0.15) is 5.75 Å². The molecule has 1 aliphatic rings. The lowest BCUT2D eigenvalue weighted by atomic mass is 10.2. The maximum Gasteiger partial charge on any atom is 0.254 e. The van der Waals surface area contributed by atoms with Crippen molar-refractivity contribution in [1.29, 1.82) is 0 Å². The van der Waals surface area contributed by atoms with Gasteiger partial charge in [-0.15, -0.1) is 0 Å². The second kappa shape index (κ2) is 11.6. The summed E-state index contributed by atoms with van der Waals surface area (Å²) in [5, 5.41) is 4.00. The number of benzene rings is 2. The molecule has 10 heteroatoms. The van der Waals surface area contributed by atoms with E-state index in [9.17, 15) is 13.2 Å². The summed E-state index contributed by atoms with van der Waals surface area (Å²) in [5.41, 5.74) is 3.37. The van der Waals surface area contributed by atoms with Gasteiger partial charge < -0.3 is 4.74 Å². The van der Waals surface area contributed by atoms with E-state index in [1.807, 2.05) is 29.2 Å². The molecule has 0 spiro atoms. The molecule has 1 saturated heterocycles. The van der Waals surface area contributed by atoms with Gasteiger partial charge in [0.2, 0.25) is 10.0 Å². The first-order valence-corrected chi connectivity index (χ1v) is 12.6. The number of amides is 1. The van der Waals surface area contributed by atoms with Gasteiger partial charge >= 0.3 is 0 Å². The first kappa shape index (κ1) is 24.4. The summed E-state index contributed by atoms with van der Waals surface area (Å²) in [6, 6.07) is 14.1. The Labute approximate surface area is 197 Å². The monoisotopic (exact) mass is 522 g/mol. The van der Waals surface area contributed by atoms with Crippen molar-refractivity contribution in [2.45, 2.75) is 18.2 Å². The summed E-state index contributed by atoms with van der Waals surface area (Å²) in [5.74, 6) is 0.558. The van der Waals surface area contributed by atoms with Gasteiger partial charge in [0, 0.05) is 30.7 Å². The third-order valence-electron chi connectivity index (χ3n) is 4.91. The molecule has 1 N–H and O–H groups in total. The first-order valence-electron chi connectivity index (χ1n) is 10.4. The van der Waals surface area contributed by atoms with Crippen LogP contribution >= 0.6 is 15.9 Å². The van der Waals surface area contributed by atoms with Crippen molar-refractivity contribution in [2.24, 2.45) is 5.10 Å². The maximum absolute atomic E-state index is 12.8. The van der Waals surface area contributed by atoms with Crippen molar-refractivity contribution >= 4 is 38.1 Å². The Bertz CT molecular complexity index is 1020. The van der Waals surface area contributed by atoms with E-state index in [4.69, 9.17) is 4.74 Å². The van der Waals surface area contributed by atoms with Crippen LogP contribution in [0.15, 0.2) is 63.0 Å². The number of ether oxygens (including phenoxy) is 1. The van der Waals surface area contributed by atoms with Crippen molar-refractivity contribution in [3.8, 4) is 5.75 Å². The first-order chi connectivity index (χ1) is 15.4. The predicted molar refractivity (Wildman–Crippen MR) is 127 cm³/mol.